The van der Waals surface area contributed by atoms with Crippen molar-refractivity contribution in [1.82, 2.24) is 0 Å². The molecule has 1 rings (SSSR count). The van der Waals surface area contributed by atoms with Crippen molar-refractivity contribution in [2.24, 2.45) is 0 Å². The summed E-state index contributed by atoms with van der Waals surface area (Å²) in [7, 11) is 0. The lowest BCUT2D eigenvalue weighted by Crippen LogP contribution is -1.98. The molecule has 10 heavy (non-hydrogen) atoms. The molecule has 0 unspecified atom stereocenters. The number of hydrogen-bond donors (Lipinski definition) is 0. The van der Waals surface area contributed by atoms with Crippen LogP contribution >= 0.6 is 0 Å². The minimum Gasteiger partial charge on any atom is -0.193 e. The van der Waals surface area contributed by atoms with E-state index in [1.165, 1.54) is 5.57 Å². The number of hydrogen-bond acceptors (Lipinski definition) is 1. The van der Waals surface area contributed by atoms with E-state index in [4.69, 9.17) is 5.26 Å². The third kappa shape index (κ3) is 1.16. The minimum atomic E-state index is 0.929. The molecular formula is C9H9N. The standard InChI is InChI=1S/C9H9N/c1-2-3-4-8-5-6-9(8)7-10/h2-4H,1,5-6H2. The first-order valence-corrected chi connectivity index (χ1v) is 3.29. The fraction of sp³-hybridized carbons (Fsp3) is 0.222. The van der Waals surface area contributed by atoms with Crippen LogP contribution in [0.5, 0.6) is 0 Å². The van der Waals surface area contributed by atoms with Gasteiger partial charge in [-0.3, -0.25) is 0 Å². The van der Waals surface area contributed by atoms with Gasteiger partial charge in [0.2, 0.25) is 0 Å². The predicted octanol–water partition coefficient (Wildman–Crippen LogP) is 2.34. The Morgan fingerprint density at radius 1 is 1.50 bits per heavy atom. The van der Waals surface area contributed by atoms with Gasteiger partial charge in [0.1, 0.15) is 0 Å². The molecule has 0 fully saturated rings. The molecule has 50 valence electrons. The maximum Gasteiger partial charge on any atom is 0.0950 e. The highest BCUT2D eigenvalue weighted by Gasteiger charge is 2.12. The summed E-state index contributed by atoms with van der Waals surface area (Å²) in [5.74, 6) is 0. The Kier molecular flexibility index (Phi) is 2.07. The summed E-state index contributed by atoms with van der Waals surface area (Å²) in [5, 5.41) is 8.49. The molecule has 0 saturated heterocycles. The van der Waals surface area contributed by atoms with Crippen LogP contribution in [0.25, 0.3) is 0 Å². The van der Waals surface area contributed by atoms with Crippen LogP contribution in [0.1, 0.15) is 12.8 Å². The van der Waals surface area contributed by atoms with Gasteiger partial charge < -0.3 is 0 Å². The Morgan fingerprint density at radius 2 is 2.30 bits per heavy atom. The lowest BCUT2D eigenvalue weighted by Gasteiger charge is -2.13. The number of nitrogens with zero attached hydrogens (tertiary/aromatic N) is 1. The van der Waals surface area contributed by atoms with Crippen LogP contribution in [-0.4, -0.2) is 0 Å². The molecule has 0 aromatic heterocycles. The molecule has 0 atom stereocenters. The van der Waals surface area contributed by atoms with Gasteiger partial charge in [-0.1, -0.05) is 24.8 Å². The molecule has 0 aliphatic heterocycles. The summed E-state index contributed by atoms with van der Waals surface area (Å²) in [6.45, 7) is 3.55. The summed E-state index contributed by atoms with van der Waals surface area (Å²) < 4.78 is 0. The van der Waals surface area contributed by atoms with E-state index in [0.29, 0.717) is 0 Å². The SMILES string of the molecule is C=CC=CC1=C(C#N)CC1. The van der Waals surface area contributed by atoms with Gasteiger partial charge in [0.05, 0.1) is 6.07 Å². The second kappa shape index (κ2) is 3.03. The molecule has 0 saturated carbocycles. The first-order chi connectivity index (χ1) is 4.88. The Hall–Kier alpha value is -1.29. The predicted molar refractivity (Wildman–Crippen MR) is 41.2 cm³/mol. The summed E-state index contributed by atoms with van der Waals surface area (Å²) in [6.07, 6.45) is 7.54. The fourth-order valence-electron chi connectivity index (χ4n) is 0.890. The molecule has 1 nitrogen and oxygen atoms in total. The van der Waals surface area contributed by atoms with Gasteiger partial charge in [0.15, 0.2) is 0 Å². The smallest absolute Gasteiger partial charge is 0.0950 e. The fourth-order valence-corrected chi connectivity index (χ4v) is 0.890. The van der Waals surface area contributed by atoms with Gasteiger partial charge >= 0.3 is 0 Å². The van der Waals surface area contributed by atoms with E-state index in [2.05, 4.69) is 12.6 Å². The van der Waals surface area contributed by atoms with E-state index < -0.39 is 0 Å². The molecule has 0 spiro atoms. The molecule has 0 bridgehead atoms. The van der Waals surface area contributed by atoms with Crippen LogP contribution in [0, 0.1) is 11.3 Å². The van der Waals surface area contributed by atoms with Crippen LogP contribution in [-0.2, 0) is 0 Å². The second-order valence-corrected chi connectivity index (χ2v) is 2.21. The first kappa shape index (κ1) is 6.82. The highest BCUT2D eigenvalue weighted by molar-refractivity contribution is 5.42. The van der Waals surface area contributed by atoms with Crippen molar-refractivity contribution in [3.8, 4) is 6.07 Å². The minimum absolute atomic E-state index is 0.929. The Balaban J connectivity index is 2.67. The molecule has 1 aliphatic rings. The van der Waals surface area contributed by atoms with Crippen LogP contribution in [0.3, 0.4) is 0 Å². The lowest BCUT2D eigenvalue weighted by atomic mass is 9.89. The maximum absolute atomic E-state index is 8.49. The van der Waals surface area contributed by atoms with Crippen LogP contribution < -0.4 is 0 Å². The van der Waals surface area contributed by atoms with E-state index in [1.54, 1.807) is 6.08 Å². The zero-order valence-corrected chi connectivity index (χ0v) is 5.80. The highest BCUT2D eigenvalue weighted by atomic mass is 14.3. The Labute approximate surface area is 61.0 Å². The van der Waals surface area contributed by atoms with E-state index in [1.807, 2.05) is 12.2 Å². The summed E-state index contributed by atoms with van der Waals surface area (Å²) in [4.78, 5) is 0. The maximum atomic E-state index is 8.49. The van der Waals surface area contributed by atoms with E-state index in [-0.39, 0.29) is 0 Å². The third-order valence-corrected chi connectivity index (χ3v) is 1.60. The normalized spacial score (nSPS) is 16.7. The van der Waals surface area contributed by atoms with Crippen molar-refractivity contribution >= 4 is 0 Å². The van der Waals surface area contributed by atoms with Gasteiger partial charge in [0, 0.05) is 5.57 Å². The van der Waals surface area contributed by atoms with Crippen LogP contribution in [0.2, 0.25) is 0 Å². The first-order valence-electron chi connectivity index (χ1n) is 3.29. The molecule has 0 aromatic carbocycles. The zero-order chi connectivity index (χ0) is 7.40. The number of nitriles is 1. The number of rotatable bonds is 2. The average Bonchev–Trinajstić information content (AvgIpc) is 1.88. The van der Waals surface area contributed by atoms with Gasteiger partial charge in [-0.05, 0) is 18.4 Å². The van der Waals surface area contributed by atoms with Crippen molar-refractivity contribution in [2.75, 3.05) is 0 Å². The average molecular weight is 131 g/mol. The van der Waals surface area contributed by atoms with Crippen molar-refractivity contribution in [3.05, 3.63) is 36.0 Å². The Bertz CT molecular complexity index is 238. The van der Waals surface area contributed by atoms with Gasteiger partial charge in [0.25, 0.3) is 0 Å². The van der Waals surface area contributed by atoms with Crippen molar-refractivity contribution < 1.29 is 0 Å². The summed E-state index contributed by atoms with van der Waals surface area (Å²) in [6, 6.07) is 2.15. The molecule has 0 heterocycles. The highest BCUT2D eigenvalue weighted by Crippen LogP contribution is 2.27. The molecular weight excluding hydrogens is 122 g/mol. The Morgan fingerprint density at radius 3 is 2.70 bits per heavy atom. The van der Waals surface area contributed by atoms with E-state index in [0.717, 1.165) is 18.4 Å². The zero-order valence-electron chi connectivity index (χ0n) is 5.80. The quantitative estimate of drug-likeness (QED) is 0.528. The van der Waals surface area contributed by atoms with E-state index in [9.17, 15) is 0 Å². The van der Waals surface area contributed by atoms with Crippen LogP contribution in [0.15, 0.2) is 36.0 Å². The molecule has 0 N–H and O–H groups in total. The second-order valence-electron chi connectivity index (χ2n) is 2.21. The third-order valence-electron chi connectivity index (χ3n) is 1.60. The summed E-state index contributed by atoms with van der Waals surface area (Å²) >= 11 is 0. The monoisotopic (exact) mass is 131 g/mol. The van der Waals surface area contributed by atoms with Gasteiger partial charge in [-0.2, -0.15) is 5.26 Å². The van der Waals surface area contributed by atoms with Crippen molar-refractivity contribution in [3.63, 3.8) is 0 Å². The largest absolute Gasteiger partial charge is 0.193 e. The van der Waals surface area contributed by atoms with Gasteiger partial charge in [-0.15, -0.1) is 0 Å². The topological polar surface area (TPSA) is 23.8 Å². The molecule has 0 radical (unpaired) electrons. The van der Waals surface area contributed by atoms with Crippen molar-refractivity contribution in [1.29, 1.82) is 5.26 Å². The van der Waals surface area contributed by atoms with Crippen molar-refractivity contribution in [2.45, 2.75) is 12.8 Å². The van der Waals surface area contributed by atoms with Crippen LogP contribution in [0.4, 0.5) is 0 Å². The van der Waals surface area contributed by atoms with Gasteiger partial charge in [-0.25, -0.2) is 0 Å². The summed E-state index contributed by atoms with van der Waals surface area (Å²) in [5.41, 5.74) is 2.10. The van der Waals surface area contributed by atoms with E-state index >= 15 is 0 Å². The molecule has 1 heteroatoms. The lowest BCUT2D eigenvalue weighted by molar-refractivity contribution is 0.860. The molecule has 0 amide bonds. The molecule has 0 aromatic rings. The number of allylic oxidation sites excluding steroid dienone is 5. The molecule has 1 aliphatic carbocycles.